The molecule has 29 heavy (non-hydrogen) atoms. The molecule has 0 aliphatic carbocycles. The van der Waals surface area contributed by atoms with Crippen molar-refractivity contribution in [3.05, 3.63) is 88.8 Å². The summed E-state index contributed by atoms with van der Waals surface area (Å²) in [6, 6.07) is 23.6. The Morgan fingerprint density at radius 2 is 1.69 bits per heavy atom. The standard InChI is InChI=1S/C23H22N4O2/c1-26-22(18-9-3-2-4-10-18)25-27(23(26)29)15-14-24-21(28)16-19-12-7-11-17-8-5-6-13-20(17)19/h2-13H,14-16H2,1H3,(H,24,28). The third kappa shape index (κ3) is 3.96. The molecule has 0 aliphatic rings. The molecule has 1 N–H and O–H groups in total. The maximum Gasteiger partial charge on any atom is 0.345 e. The number of hydrogen-bond donors (Lipinski definition) is 1. The highest BCUT2D eigenvalue weighted by Gasteiger charge is 2.12. The van der Waals surface area contributed by atoms with Crippen molar-refractivity contribution < 1.29 is 4.79 Å². The molecule has 4 rings (SSSR count). The van der Waals surface area contributed by atoms with Crippen LogP contribution in [0, 0.1) is 0 Å². The summed E-state index contributed by atoms with van der Waals surface area (Å²) in [5.41, 5.74) is 1.67. The van der Waals surface area contributed by atoms with Gasteiger partial charge in [-0.25, -0.2) is 9.48 Å². The van der Waals surface area contributed by atoms with Crippen molar-refractivity contribution in [1.29, 1.82) is 0 Å². The molecule has 6 nitrogen and oxygen atoms in total. The highest BCUT2D eigenvalue weighted by molar-refractivity contribution is 5.90. The van der Waals surface area contributed by atoms with Crippen molar-refractivity contribution in [2.75, 3.05) is 6.54 Å². The maximum atomic E-state index is 12.4. The summed E-state index contributed by atoms with van der Waals surface area (Å²) >= 11 is 0. The highest BCUT2D eigenvalue weighted by Crippen LogP contribution is 2.18. The number of carbonyl (C=O) groups excluding carboxylic acids is 1. The smallest absolute Gasteiger partial charge is 0.345 e. The Kier molecular flexibility index (Phi) is 5.24. The average molecular weight is 386 g/mol. The molecule has 1 aromatic heterocycles. The largest absolute Gasteiger partial charge is 0.354 e. The SMILES string of the molecule is Cn1c(-c2ccccc2)nn(CCNC(=O)Cc2cccc3ccccc23)c1=O. The molecule has 146 valence electrons. The maximum absolute atomic E-state index is 12.4. The predicted octanol–water partition coefficient (Wildman–Crippen LogP) is 2.76. The molecule has 0 bridgehead atoms. The van der Waals surface area contributed by atoms with Gasteiger partial charge in [0, 0.05) is 19.2 Å². The van der Waals surface area contributed by atoms with Crippen LogP contribution in [0.2, 0.25) is 0 Å². The molecule has 0 radical (unpaired) electrons. The minimum atomic E-state index is -0.202. The van der Waals surface area contributed by atoms with Crippen molar-refractivity contribution in [1.82, 2.24) is 19.7 Å². The molecule has 1 heterocycles. The number of benzene rings is 3. The van der Waals surface area contributed by atoms with Crippen molar-refractivity contribution in [2.24, 2.45) is 7.05 Å². The zero-order valence-electron chi connectivity index (χ0n) is 16.2. The number of carbonyl (C=O) groups is 1. The topological polar surface area (TPSA) is 68.9 Å². The van der Waals surface area contributed by atoms with E-state index in [0.29, 0.717) is 25.3 Å². The molecule has 3 aromatic carbocycles. The molecule has 0 atom stereocenters. The molecular formula is C23H22N4O2. The van der Waals surface area contributed by atoms with E-state index in [2.05, 4.69) is 10.4 Å². The Morgan fingerprint density at radius 1 is 0.966 bits per heavy atom. The summed E-state index contributed by atoms with van der Waals surface area (Å²) in [6.45, 7) is 0.662. The lowest BCUT2D eigenvalue weighted by Gasteiger charge is -2.08. The lowest BCUT2D eigenvalue weighted by molar-refractivity contribution is -0.120. The predicted molar refractivity (Wildman–Crippen MR) is 114 cm³/mol. The molecule has 0 saturated heterocycles. The van der Waals surface area contributed by atoms with Crippen LogP contribution < -0.4 is 11.0 Å². The first-order valence-electron chi connectivity index (χ1n) is 9.56. The summed E-state index contributed by atoms with van der Waals surface area (Å²) < 4.78 is 2.91. The van der Waals surface area contributed by atoms with E-state index in [-0.39, 0.29) is 11.6 Å². The minimum Gasteiger partial charge on any atom is -0.354 e. The molecule has 4 aromatic rings. The van der Waals surface area contributed by atoms with Crippen molar-refractivity contribution >= 4 is 16.7 Å². The molecule has 1 amide bonds. The van der Waals surface area contributed by atoms with Gasteiger partial charge in [0.25, 0.3) is 0 Å². The van der Waals surface area contributed by atoms with Crippen LogP contribution in [0.5, 0.6) is 0 Å². The number of amides is 1. The van der Waals surface area contributed by atoms with Crippen LogP contribution in [0.3, 0.4) is 0 Å². The van der Waals surface area contributed by atoms with Gasteiger partial charge in [-0.2, -0.15) is 0 Å². The third-order valence-corrected chi connectivity index (χ3v) is 4.95. The van der Waals surface area contributed by atoms with Gasteiger partial charge >= 0.3 is 5.69 Å². The van der Waals surface area contributed by atoms with E-state index in [4.69, 9.17) is 0 Å². The van der Waals surface area contributed by atoms with Crippen LogP contribution >= 0.6 is 0 Å². The Hall–Kier alpha value is -3.67. The Balaban J connectivity index is 1.40. The fourth-order valence-electron chi connectivity index (χ4n) is 3.46. The van der Waals surface area contributed by atoms with Gasteiger partial charge in [0.2, 0.25) is 5.91 Å². The number of rotatable bonds is 6. The van der Waals surface area contributed by atoms with Crippen LogP contribution in [0.1, 0.15) is 5.56 Å². The second-order valence-corrected chi connectivity index (χ2v) is 6.92. The van der Waals surface area contributed by atoms with E-state index in [1.165, 1.54) is 9.25 Å². The van der Waals surface area contributed by atoms with Crippen molar-refractivity contribution in [3.8, 4) is 11.4 Å². The highest BCUT2D eigenvalue weighted by atomic mass is 16.2. The van der Waals surface area contributed by atoms with Crippen LogP contribution in [-0.4, -0.2) is 26.8 Å². The summed E-state index contributed by atoms with van der Waals surface area (Å²) in [5, 5.41) is 9.51. The first-order chi connectivity index (χ1) is 14.1. The van der Waals surface area contributed by atoms with E-state index in [9.17, 15) is 9.59 Å². The fraction of sp³-hybridized carbons (Fsp3) is 0.174. The van der Waals surface area contributed by atoms with E-state index in [1.54, 1.807) is 7.05 Å². The summed E-state index contributed by atoms with van der Waals surface area (Å²) in [7, 11) is 1.70. The molecule has 0 unspecified atom stereocenters. The molecule has 0 spiro atoms. The Labute approximate surface area is 168 Å². The Morgan fingerprint density at radius 3 is 2.52 bits per heavy atom. The number of aromatic nitrogens is 3. The lowest BCUT2D eigenvalue weighted by atomic mass is 10.0. The molecule has 0 fully saturated rings. The van der Waals surface area contributed by atoms with Gasteiger partial charge in [-0.3, -0.25) is 9.36 Å². The fourth-order valence-corrected chi connectivity index (χ4v) is 3.46. The van der Waals surface area contributed by atoms with Gasteiger partial charge in [-0.05, 0) is 16.3 Å². The third-order valence-electron chi connectivity index (χ3n) is 4.95. The summed E-state index contributed by atoms with van der Waals surface area (Å²) in [5.74, 6) is 0.534. The second-order valence-electron chi connectivity index (χ2n) is 6.92. The van der Waals surface area contributed by atoms with E-state index in [0.717, 1.165) is 21.9 Å². The zero-order chi connectivity index (χ0) is 20.2. The number of hydrogen-bond acceptors (Lipinski definition) is 3. The molecule has 0 saturated carbocycles. The van der Waals surface area contributed by atoms with Crippen LogP contribution in [0.15, 0.2) is 77.6 Å². The summed E-state index contributed by atoms with van der Waals surface area (Å²) in [6.07, 6.45) is 0.299. The van der Waals surface area contributed by atoms with Crippen molar-refractivity contribution in [2.45, 2.75) is 13.0 Å². The molecule has 6 heteroatoms. The van der Waals surface area contributed by atoms with E-state index >= 15 is 0 Å². The van der Waals surface area contributed by atoms with Crippen LogP contribution in [-0.2, 0) is 24.8 Å². The van der Waals surface area contributed by atoms with Gasteiger partial charge in [-0.15, -0.1) is 5.10 Å². The van der Waals surface area contributed by atoms with E-state index < -0.39 is 0 Å². The van der Waals surface area contributed by atoms with Gasteiger partial charge in [0.05, 0.1) is 13.0 Å². The van der Waals surface area contributed by atoms with Gasteiger partial charge in [-0.1, -0.05) is 72.8 Å². The van der Waals surface area contributed by atoms with Crippen LogP contribution in [0.4, 0.5) is 0 Å². The average Bonchev–Trinajstić information content (AvgIpc) is 3.03. The lowest BCUT2D eigenvalue weighted by Crippen LogP contribution is -2.32. The zero-order valence-corrected chi connectivity index (χ0v) is 16.2. The number of nitrogens with one attached hydrogen (secondary N) is 1. The quantitative estimate of drug-likeness (QED) is 0.554. The van der Waals surface area contributed by atoms with E-state index in [1.807, 2.05) is 72.8 Å². The number of nitrogens with zero attached hydrogens (tertiary/aromatic N) is 3. The summed E-state index contributed by atoms with van der Waals surface area (Å²) in [4.78, 5) is 24.8. The minimum absolute atomic E-state index is 0.0754. The molecular weight excluding hydrogens is 364 g/mol. The Bertz CT molecular complexity index is 1200. The number of fused-ring (bicyclic) bond motifs is 1. The molecule has 0 aliphatic heterocycles. The second kappa shape index (κ2) is 8.14. The first-order valence-corrected chi connectivity index (χ1v) is 9.56. The van der Waals surface area contributed by atoms with Crippen LogP contribution in [0.25, 0.3) is 22.2 Å². The normalized spacial score (nSPS) is 10.9. The monoisotopic (exact) mass is 386 g/mol. The van der Waals surface area contributed by atoms with Gasteiger partial charge < -0.3 is 5.32 Å². The van der Waals surface area contributed by atoms with Gasteiger partial charge in [0.1, 0.15) is 0 Å². The van der Waals surface area contributed by atoms with Gasteiger partial charge in [0.15, 0.2) is 5.82 Å². The first kappa shape index (κ1) is 18.7. The van der Waals surface area contributed by atoms with Crippen molar-refractivity contribution in [3.63, 3.8) is 0 Å².